The Morgan fingerprint density at radius 1 is 1.35 bits per heavy atom. The molecule has 1 amide bonds. The number of hydrogen-bond acceptors (Lipinski definition) is 2. The molecule has 5 heteroatoms. The smallest absolute Gasteiger partial charge is 0.328 e. The molecule has 0 atom stereocenters. The van der Waals surface area contributed by atoms with Gasteiger partial charge in [0.1, 0.15) is 5.54 Å². The summed E-state index contributed by atoms with van der Waals surface area (Å²) >= 11 is 3.33. The quantitative estimate of drug-likeness (QED) is 0.900. The average Bonchev–Trinajstić information content (AvgIpc) is 2.21. The van der Waals surface area contributed by atoms with Gasteiger partial charge in [0, 0.05) is 10.0 Å². The molecule has 0 saturated carbocycles. The lowest BCUT2D eigenvalue weighted by molar-refractivity contribution is -0.143. The highest BCUT2D eigenvalue weighted by atomic mass is 79.9. The predicted molar refractivity (Wildman–Crippen MR) is 68.1 cm³/mol. The van der Waals surface area contributed by atoms with E-state index in [2.05, 4.69) is 21.2 Å². The second-order valence-corrected chi connectivity index (χ2v) is 5.15. The van der Waals surface area contributed by atoms with Crippen LogP contribution in [-0.2, 0) is 4.79 Å². The summed E-state index contributed by atoms with van der Waals surface area (Å²) in [4.78, 5) is 22.9. The zero-order chi connectivity index (χ0) is 13.2. The van der Waals surface area contributed by atoms with E-state index in [4.69, 9.17) is 5.11 Å². The van der Waals surface area contributed by atoms with Crippen LogP contribution in [0, 0.1) is 6.92 Å². The van der Waals surface area contributed by atoms with Gasteiger partial charge >= 0.3 is 5.97 Å². The first-order valence-corrected chi connectivity index (χ1v) is 5.86. The summed E-state index contributed by atoms with van der Waals surface area (Å²) in [5.74, 6) is -1.46. The molecule has 0 aliphatic carbocycles. The zero-order valence-electron chi connectivity index (χ0n) is 9.87. The summed E-state index contributed by atoms with van der Waals surface area (Å²) in [5.41, 5.74) is -0.0360. The molecule has 0 heterocycles. The Kier molecular flexibility index (Phi) is 3.93. The molecule has 2 N–H and O–H groups in total. The number of benzene rings is 1. The minimum Gasteiger partial charge on any atom is -0.480 e. The molecule has 0 bridgehead atoms. The van der Waals surface area contributed by atoms with Crippen molar-refractivity contribution in [2.75, 3.05) is 0 Å². The Labute approximate surface area is 108 Å². The SMILES string of the molecule is Cc1c(Br)cccc1C(=O)NC(C)(C)C(=O)O. The lowest BCUT2D eigenvalue weighted by atomic mass is 10.0. The Bertz CT molecular complexity index is 469. The van der Waals surface area contributed by atoms with Crippen molar-refractivity contribution in [1.29, 1.82) is 0 Å². The molecule has 0 saturated heterocycles. The first-order chi connectivity index (χ1) is 7.75. The number of hydrogen-bond donors (Lipinski definition) is 2. The van der Waals surface area contributed by atoms with Crippen molar-refractivity contribution in [3.63, 3.8) is 0 Å². The molecular weight excluding hydrogens is 286 g/mol. The van der Waals surface area contributed by atoms with Gasteiger partial charge in [0.05, 0.1) is 0 Å². The van der Waals surface area contributed by atoms with Gasteiger partial charge in [0.15, 0.2) is 0 Å². The highest BCUT2D eigenvalue weighted by molar-refractivity contribution is 9.10. The molecule has 0 unspecified atom stereocenters. The lowest BCUT2D eigenvalue weighted by Crippen LogP contribution is -2.49. The minimum atomic E-state index is -1.29. The number of carboxylic acid groups (broad SMARTS) is 1. The molecule has 0 fully saturated rings. The Balaban J connectivity index is 2.99. The van der Waals surface area contributed by atoms with Gasteiger partial charge in [0.2, 0.25) is 0 Å². The number of carbonyl (C=O) groups is 2. The largest absolute Gasteiger partial charge is 0.480 e. The summed E-state index contributed by atoms with van der Waals surface area (Å²) in [6.45, 7) is 4.69. The molecule has 0 radical (unpaired) electrons. The molecule has 1 aromatic carbocycles. The fraction of sp³-hybridized carbons (Fsp3) is 0.333. The third-order valence-electron chi connectivity index (χ3n) is 2.47. The van der Waals surface area contributed by atoms with Crippen molar-refractivity contribution in [1.82, 2.24) is 5.32 Å². The number of carbonyl (C=O) groups excluding carboxylic acids is 1. The van der Waals surface area contributed by atoms with Crippen LogP contribution < -0.4 is 5.32 Å². The Morgan fingerprint density at radius 2 is 1.94 bits per heavy atom. The van der Waals surface area contributed by atoms with Crippen molar-refractivity contribution in [3.05, 3.63) is 33.8 Å². The van der Waals surface area contributed by atoms with Crippen LogP contribution in [0.2, 0.25) is 0 Å². The van der Waals surface area contributed by atoms with E-state index in [1.807, 2.05) is 6.07 Å². The van der Waals surface area contributed by atoms with E-state index in [-0.39, 0.29) is 0 Å². The van der Waals surface area contributed by atoms with Gasteiger partial charge in [-0.1, -0.05) is 22.0 Å². The van der Waals surface area contributed by atoms with Crippen LogP contribution in [0.4, 0.5) is 0 Å². The van der Waals surface area contributed by atoms with E-state index in [0.717, 1.165) is 10.0 Å². The van der Waals surface area contributed by atoms with Crippen molar-refractivity contribution in [3.8, 4) is 0 Å². The maximum Gasteiger partial charge on any atom is 0.328 e. The average molecular weight is 300 g/mol. The molecule has 0 spiro atoms. The molecule has 4 nitrogen and oxygen atoms in total. The van der Waals surface area contributed by atoms with Crippen LogP contribution in [0.15, 0.2) is 22.7 Å². The molecule has 1 rings (SSSR count). The van der Waals surface area contributed by atoms with E-state index >= 15 is 0 Å². The summed E-state index contributed by atoms with van der Waals surface area (Å²) in [6.07, 6.45) is 0. The van der Waals surface area contributed by atoms with Crippen molar-refractivity contribution in [2.45, 2.75) is 26.3 Å². The van der Waals surface area contributed by atoms with Gasteiger partial charge in [-0.3, -0.25) is 4.79 Å². The summed E-state index contributed by atoms with van der Waals surface area (Å²) < 4.78 is 0.818. The number of amides is 1. The Hall–Kier alpha value is -1.36. The van der Waals surface area contributed by atoms with Crippen LogP contribution in [0.1, 0.15) is 29.8 Å². The molecule has 0 aliphatic rings. The molecular formula is C12H14BrNO3. The molecule has 0 aliphatic heterocycles. The second-order valence-electron chi connectivity index (χ2n) is 4.30. The maximum absolute atomic E-state index is 11.9. The van der Waals surface area contributed by atoms with Gasteiger partial charge in [-0.05, 0) is 38.5 Å². The molecule has 0 aromatic heterocycles. The van der Waals surface area contributed by atoms with Crippen LogP contribution in [0.25, 0.3) is 0 Å². The predicted octanol–water partition coefficient (Wildman–Crippen LogP) is 2.35. The molecule has 92 valence electrons. The topological polar surface area (TPSA) is 66.4 Å². The minimum absolute atomic E-state index is 0.392. The van der Waals surface area contributed by atoms with Crippen LogP contribution in [0.5, 0.6) is 0 Å². The van der Waals surface area contributed by atoms with Crippen molar-refractivity contribution in [2.24, 2.45) is 0 Å². The van der Waals surface area contributed by atoms with E-state index < -0.39 is 17.4 Å². The highest BCUT2D eigenvalue weighted by Gasteiger charge is 2.29. The van der Waals surface area contributed by atoms with Gasteiger partial charge in [0.25, 0.3) is 5.91 Å². The maximum atomic E-state index is 11.9. The van der Waals surface area contributed by atoms with Crippen LogP contribution in [0.3, 0.4) is 0 Å². The van der Waals surface area contributed by atoms with Crippen molar-refractivity contribution < 1.29 is 14.7 Å². The molecule has 1 aromatic rings. The standard InChI is InChI=1S/C12H14BrNO3/c1-7-8(5-4-6-9(7)13)10(15)14-12(2,3)11(16)17/h4-6H,1-3H3,(H,14,15)(H,16,17). The van der Waals surface area contributed by atoms with E-state index in [1.165, 1.54) is 13.8 Å². The van der Waals surface area contributed by atoms with Gasteiger partial charge in [-0.2, -0.15) is 0 Å². The van der Waals surface area contributed by atoms with Crippen LogP contribution in [-0.4, -0.2) is 22.5 Å². The second kappa shape index (κ2) is 4.87. The van der Waals surface area contributed by atoms with Gasteiger partial charge in [-0.15, -0.1) is 0 Å². The third-order valence-corrected chi connectivity index (χ3v) is 3.33. The van der Waals surface area contributed by atoms with Crippen molar-refractivity contribution >= 4 is 27.8 Å². The van der Waals surface area contributed by atoms with E-state index in [1.54, 1.807) is 19.1 Å². The van der Waals surface area contributed by atoms with E-state index in [0.29, 0.717) is 5.56 Å². The summed E-state index contributed by atoms with van der Waals surface area (Å²) in [6, 6.07) is 5.22. The monoisotopic (exact) mass is 299 g/mol. The third kappa shape index (κ3) is 3.06. The number of carboxylic acids is 1. The highest BCUT2D eigenvalue weighted by Crippen LogP contribution is 2.19. The summed E-state index contributed by atoms with van der Waals surface area (Å²) in [7, 11) is 0. The fourth-order valence-electron chi connectivity index (χ4n) is 1.26. The van der Waals surface area contributed by atoms with Crippen LogP contribution >= 0.6 is 15.9 Å². The number of aliphatic carboxylic acids is 1. The normalized spacial score (nSPS) is 11.1. The first kappa shape index (κ1) is 13.7. The first-order valence-electron chi connectivity index (χ1n) is 5.06. The lowest BCUT2D eigenvalue weighted by Gasteiger charge is -2.21. The number of halogens is 1. The van der Waals surface area contributed by atoms with Gasteiger partial charge in [-0.25, -0.2) is 4.79 Å². The molecule has 17 heavy (non-hydrogen) atoms. The Morgan fingerprint density at radius 3 is 2.47 bits per heavy atom. The van der Waals surface area contributed by atoms with Gasteiger partial charge < -0.3 is 10.4 Å². The number of nitrogens with one attached hydrogen (secondary N) is 1. The zero-order valence-corrected chi connectivity index (χ0v) is 11.5. The summed E-state index contributed by atoms with van der Waals surface area (Å²) in [5, 5.41) is 11.4. The van der Waals surface area contributed by atoms with E-state index in [9.17, 15) is 9.59 Å². The number of rotatable bonds is 3. The fourth-order valence-corrected chi connectivity index (χ4v) is 1.62.